The molecule has 2 rings (SSSR count). The molecule has 0 aromatic heterocycles. The number of benzene rings is 1. The van der Waals surface area contributed by atoms with Crippen LogP contribution >= 0.6 is 15.9 Å². The lowest BCUT2D eigenvalue weighted by molar-refractivity contribution is 0.194. The predicted molar refractivity (Wildman–Crippen MR) is 75.9 cm³/mol. The highest BCUT2D eigenvalue weighted by Crippen LogP contribution is 2.33. The number of hydrogen-bond acceptors (Lipinski definition) is 2. The molecule has 1 fully saturated rings. The van der Waals surface area contributed by atoms with Gasteiger partial charge in [-0.2, -0.15) is 0 Å². The molecule has 1 aromatic rings. The number of likely N-dealkylation sites (tertiary alicyclic amines) is 1. The molecule has 2 unspecified atom stereocenters. The Bertz CT molecular complexity index is 411. The molecule has 1 heterocycles. The Kier molecular flexibility index (Phi) is 4.76. The van der Waals surface area contributed by atoms with Crippen molar-refractivity contribution in [2.45, 2.75) is 38.3 Å². The molecule has 100 valence electrons. The van der Waals surface area contributed by atoms with Crippen molar-refractivity contribution in [2.24, 2.45) is 5.73 Å². The second-order valence-corrected chi connectivity index (χ2v) is 5.75. The number of nitrogens with two attached hydrogens (primary N) is 1. The largest absolute Gasteiger partial charge is 0.326 e. The molecule has 0 saturated carbocycles. The molecule has 1 aliphatic rings. The Balaban J connectivity index is 2.36. The van der Waals surface area contributed by atoms with Crippen molar-refractivity contribution < 1.29 is 4.39 Å². The van der Waals surface area contributed by atoms with E-state index in [2.05, 4.69) is 27.8 Å². The molecule has 0 amide bonds. The highest BCUT2D eigenvalue weighted by molar-refractivity contribution is 9.10. The molecule has 0 radical (unpaired) electrons. The van der Waals surface area contributed by atoms with Gasteiger partial charge in [-0.3, -0.25) is 4.90 Å². The summed E-state index contributed by atoms with van der Waals surface area (Å²) in [7, 11) is 0. The first kappa shape index (κ1) is 14.0. The fourth-order valence-corrected chi connectivity index (χ4v) is 3.37. The van der Waals surface area contributed by atoms with Crippen molar-refractivity contribution >= 4 is 15.9 Å². The summed E-state index contributed by atoms with van der Waals surface area (Å²) in [6.45, 7) is 4.20. The van der Waals surface area contributed by atoms with Crippen LogP contribution in [-0.2, 0) is 0 Å². The van der Waals surface area contributed by atoms with Crippen LogP contribution in [0.4, 0.5) is 4.39 Å². The standard InChI is InChI=1S/C14H20BrFN2/c1-2-18-8-4-3-5-13(17)14(18)11-7-6-10(16)9-12(11)15/h6-7,9,13-14H,2-5,8,17H2,1H3. The van der Waals surface area contributed by atoms with Crippen molar-refractivity contribution in [3.05, 3.63) is 34.1 Å². The van der Waals surface area contributed by atoms with E-state index in [0.29, 0.717) is 0 Å². The average Bonchev–Trinajstić information content (AvgIpc) is 2.51. The normalized spacial score (nSPS) is 26.0. The van der Waals surface area contributed by atoms with E-state index in [0.717, 1.165) is 29.5 Å². The summed E-state index contributed by atoms with van der Waals surface area (Å²) in [5.74, 6) is -0.212. The topological polar surface area (TPSA) is 29.3 Å². The summed E-state index contributed by atoms with van der Waals surface area (Å²) in [5.41, 5.74) is 7.43. The Morgan fingerprint density at radius 1 is 1.44 bits per heavy atom. The zero-order valence-corrected chi connectivity index (χ0v) is 12.3. The summed E-state index contributed by atoms with van der Waals surface area (Å²) >= 11 is 3.47. The molecular formula is C14H20BrFN2. The Hall–Kier alpha value is -0.450. The van der Waals surface area contributed by atoms with Crippen LogP contribution in [0.15, 0.2) is 22.7 Å². The van der Waals surface area contributed by atoms with Crippen LogP contribution in [0.25, 0.3) is 0 Å². The zero-order chi connectivity index (χ0) is 13.1. The maximum absolute atomic E-state index is 13.2. The molecule has 0 aliphatic carbocycles. The first-order valence-corrected chi connectivity index (χ1v) is 7.37. The molecule has 0 bridgehead atoms. The fourth-order valence-electron chi connectivity index (χ4n) is 2.79. The van der Waals surface area contributed by atoms with Crippen LogP contribution in [0.3, 0.4) is 0 Å². The van der Waals surface area contributed by atoms with Gasteiger partial charge in [0.15, 0.2) is 0 Å². The highest BCUT2D eigenvalue weighted by Gasteiger charge is 2.29. The van der Waals surface area contributed by atoms with Crippen LogP contribution in [0.1, 0.15) is 37.8 Å². The minimum absolute atomic E-state index is 0.120. The molecule has 2 nitrogen and oxygen atoms in total. The van der Waals surface area contributed by atoms with Crippen molar-refractivity contribution in [3.8, 4) is 0 Å². The van der Waals surface area contributed by atoms with Crippen LogP contribution in [0.5, 0.6) is 0 Å². The van der Waals surface area contributed by atoms with E-state index in [1.54, 1.807) is 0 Å². The van der Waals surface area contributed by atoms with Crippen molar-refractivity contribution in [2.75, 3.05) is 13.1 Å². The van der Waals surface area contributed by atoms with Gasteiger partial charge >= 0.3 is 0 Å². The van der Waals surface area contributed by atoms with Gasteiger partial charge in [0.2, 0.25) is 0 Å². The summed E-state index contributed by atoms with van der Waals surface area (Å²) in [5, 5.41) is 0. The van der Waals surface area contributed by atoms with Crippen LogP contribution < -0.4 is 5.73 Å². The summed E-state index contributed by atoms with van der Waals surface area (Å²) in [4.78, 5) is 2.40. The monoisotopic (exact) mass is 314 g/mol. The van der Waals surface area contributed by atoms with E-state index in [1.165, 1.54) is 25.0 Å². The van der Waals surface area contributed by atoms with E-state index in [-0.39, 0.29) is 17.9 Å². The maximum Gasteiger partial charge on any atom is 0.124 e. The zero-order valence-electron chi connectivity index (χ0n) is 10.7. The minimum atomic E-state index is -0.212. The van der Waals surface area contributed by atoms with Crippen molar-refractivity contribution in [1.82, 2.24) is 4.90 Å². The molecule has 2 atom stereocenters. The Labute approximate surface area is 116 Å². The van der Waals surface area contributed by atoms with E-state index >= 15 is 0 Å². The van der Waals surface area contributed by atoms with Crippen molar-refractivity contribution in [3.63, 3.8) is 0 Å². The molecule has 1 saturated heterocycles. The molecule has 0 spiro atoms. The summed E-state index contributed by atoms with van der Waals surface area (Å²) in [6.07, 6.45) is 3.40. The number of hydrogen-bond donors (Lipinski definition) is 1. The van der Waals surface area contributed by atoms with Gasteiger partial charge in [0.1, 0.15) is 5.82 Å². The number of halogens is 2. The second-order valence-electron chi connectivity index (χ2n) is 4.90. The highest BCUT2D eigenvalue weighted by atomic mass is 79.9. The predicted octanol–water partition coefficient (Wildman–Crippen LogP) is 3.46. The molecule has 2 N–H and O–H groups in total. The molecule has 4 heteroatoms. The quantitative estimate of drug-likeness (QED) is 0.905. The average molecular weight is 315 g/mol. The molecular weight excluding hydrogens is 295 g/mol. The molecule has 1 aromatic carbocycles. The lowest BCUT2D eigenvalue weighted by atomic mass is 9.96. The smallest absolute Gasteiger partial charge is 0.124 e. The van der Waals surface area contributed by atoms with Gasteiger partial charge in [0, 0.05) is 10.5 Å². The third-order valence-electron chi connectivity index (χ3n) is 3.72. The number of rotatable bonds is 2. The van der Waals surface area contributed by atoms with Crippen LogP contribution in [0, 0.1) is 5.82 Å². The molecule has 1 aliphatic heterocycles. The van der Waals surface area contributed by atoms with Gasteiger partial charge < -0.3 is 5.73 Å². The van der Waals surface area contributed by atoms with E-state index < -0.39 is 0 Å². The Morgan fingerprint density at radius 2 is 2.22 bits per heavy atom. The van der Waals surface area contributed by atoms with Gasteiger partial charge in [-0.25, -0.2) is 4.39 Å². The summed E-state index contributed by atoms with van der Waals surface area (Å²) < 4.78 is 14.0. The third-order valence-corrected chi connectivity index (χ3v) is 4.41. The van der Waals surface area contributed by atoms with Crippen molar-refractivity contribution in [1.29, 1.82) is 0 Å². The van der Waals surface area contributed by atoms with E-state index in [1.807, 2.05) is 6.07 Å². The first-order valence-electron chi connectivity index (χ1n) is 6.58. The van der Waals surface area contributed by atoms with Gasteiger partial charge in [-0.1, -0.05) is 35.3 Å². The molecule has 18 heavy (non-hydrogen) atoms. The maximum atomic E-state index is 13.2. The Morgan fingerprint density at radius 3 is 2.89 bits per heavy atom. The van der Waals surface area contributed by atoms with E-state index in [4.69, 9.17) is 5.73 Å². The van der Waals surface area contributed by atoms with E-state index in [9.17, 15) is 4.39 Å². The lowest BCUT2D eigenvalue weighted by Crippen LogP contribution is -2.39. The van der Waals surface area contributed by atoms with Gasteiger partial charge in [-0.15, -0.1) is 0 Å². The number of nitrogens with zero attached hydrogens (tertiary/aromatic N) is 1. The second kappa shape index (κ2) is 6.13. The third kappa shape index (κ3) is 2.92. The lowest BCUT2D eigenvalue weighted by Gasteiger charge is -2.33. The SMILES string of the molecule is CCN1CCCCC(N)C1c1ccc(F)cc1Br. The minimum Gasteiger partial charge on any atom is -0.326 e. The van der Waals surface area contributed by atoms with Crippen LogP contribution in [-0.4, -0.2) is 24.0 Å². The van der Waals surface area contributed by atoms with Gasteiger partial charge in [0.05, 0.1) is 6.04 Å². The first-order chi connectivity index (χ1) is 8.63. The van der Waals surface area contributed by atoms with Gasteiger partial charge in [-0.05, 0) is 43.6 Å². The fraction of sp³-hybridized carbons (Fsp3) is 0.571. The van der Waals surface area contributed by atoms with Crippen LogP contribution in [0.2, 0.25) is 0 Å². The number of likely N-dealkylation sites (N-methyl/N-ethyl adjacent to an activating group) is 1. The van der Waals surface area contributed by atoms with Gasteiger partial charge in [0.25, 0.3) is 0 Å². The summed E-state index contributed by atoms with van der Waals surface area (Å²) in [6, 6.07) is 5.21.